The molecule has 0 aliphatic heterocycles. The highest BCUT2D eigenvalue weighted by molar-refractivity contribution is 6.15. The minimum absolute atomic E-state index is 0.167. The van der Waals surface area contributed by atoms with Crippen LogP contribution in [0.25, 0.3) is 10.8 Å². The Kier molecular flexibility index (Phi) is 6.74. The van der Waals surface area contributed by atoms with Crippen molar-refractivity contribution in [3.63, 3.8) is 0 Å². The Morgan fingerprint density at radius 2 is 1.78 bits per heavy atom. The molecule has 0 atom stereocenters. The number of benzene rings is 2. The first-order valence-electron chi connectivity index (χ1n) is 11.5. The highest BCUT2D eigenvalue weighted by Gasteiger charge is 2.18. The van der Waals surface area contributed by atoms with Gasteiger partial charge in [-0.1, -0.05) is 35.5 Å². The number of aryl methyl sites for hydroxylation is 1. The molecule has 3 aromatic heterocycles. The van der Waals surface area contributed by atoms with Gasteiger partial charge in [-0.2, -0.15) is 0 Å². The molecule has 2 amide bonds. The van der Waals surface area contributed by atoms with Gasteiger partial charge in [-0.05, 0) is 41.0 Å². The molecule has 0 radical (unpaired) electrons. The van der Waals surface area contributed by atoms with Crippen LogP contribution in [0.2, 0.25) is 0 Å². The van der Waals surface area contributed by atoms with Gasteiger partial charge in [-0.25, -0.2) is 14.6 Å². The Labute approximate surface area is 207 Å². The lowest BCUT2D eigenvalue weighted by Crippen LogP contribution is -2.27. The van der Waals surface area contributed by atoms with E-state index in [1.54, 1.807) is 47.8 Å². The Morgan fingerprint density at radius 1 is 0.889 bits per heavy atom. The number of aromatic nitrogens is 6. The van der Waals surface area contributed by atoms with Crippen molar-refractivity contribution in [2.24, 2.45) is 0 Å². The van der Waals surface area contributed by atoms with E-state index in [1.165, 1.54) is 6.20 Å². The Morgan fingerprint density at radius 3 is 2.58 bits per heavy atom. The number of imidazole rings is 1. The summed E-state index contributed by atoms with van der Waals surface area (Å²) in [6, 6.07) is 14.8. The number of hydrogen-bond acceptors (Lipinski definition) is 6. The zero-order valence-electron chi connectivity index (χ0n) is 19.4. The molecule has 0 saturated heterocycles. The molecule has 180 valence electrons. The lowest BCUT2D eigenvalue weighted by Gasteiger charge is -2.13. The van der Waals surface area contributed by atoms with Crippen LogP contribution in [0.4, 0.5) is 5.69 Å². The second-order valence-electron chi connectivity index (χ2n) is 8.18. The van der Waals surface area contributed by atoms with Gasteiger partial charge in [-0.15, -0.1) is 5.10 Å². The van der Waals surface area contributed by atoms with E-state index in [1.807, 2.05) is 41.1 Å². The highest BCUT2D eigenvalue weighted by Crippen LogP contribution is 2.25. The molecule has 36 heavy (non-hydrogen) atoms. The monoisotopic (exact) mass is 480 g/mol. The van der Waals surface area contributed by atoms with Gasteiger partial charge in [0.15, 0.2) is 5.69 Å². The van der Waals surface area contributed by atoms with Crippen molar-refractivity contribution in [3.8, 4) is 0 Å². The van der Waals surface area contributed by atoms with Crippen LogP contribution >= 0.6 is 0 Å². The van der Waals surface area contributed by atoms with Gasteiger partial charge in [-0.3, -0.25) is 9.59 Å². The fraction of sp³-hybridized carbons (Fsp3) is 0.154. The molecule has 0 saturated carbocycles. The lowest BCUT2D eigenvalue weighted by atomic mass is 9.99. The number of rotatable bonds is 9. The molecule has 0 aliphatic carbocycles. The van der Waals surface area contributed by atoms with Crippen LogP contribution in [-0.2, 0) is 13.1 Å². The predicted molar refractivity (Wildman–Crippen MR) is 134 cm³/mol. The number of fused-ring (bicyclic) bond motifs is 1. The van der Waals surface area contributed by atoms with Crippen molar-refractivity contribution in [1.82, 2.24) is 34.8 Å². The number of pyridine rings is 1. The average Bonchev–Trinajstić information content (AvgIpc) is 3.62. The molecule has 10 heteroatoms. The number of anilines is 1. The first-order chi connectivity index (χ1) is 17.7. The topological polar surface area (TPSA) is 120 Å². The van der Waals surface area contributed by atoms with Crippen LogP contribution in [0.5, 0.6) is 0 Å². The molecule has 0 aliphatic rings. The number of amides is 2. The zero-order chi connectivity index (χ0) is 24.7. The maximum absolute atomic E-state index is 13.3. The first kappa shape index (κ1) is 22.9. The van der Waals surface area contributed by atoms with Crippen molar-refractivity contribution in [3.05, 3.63) is 103 Å². The summed E-state index contributed by atoms with van der Waals surface area (Å²) in [6.07, 6.45) is 11.0. The van der Waals surface area contributed by atoms with E-state index in [9.17, 15) is 9.59 Å². The molecule has 0 bridgehead atoms. The molecule has 0 fully saturated rings. The van der Waals surface area contributed by atoms with E-state index < -0.39 is 0 Å². The Bertz CT molecular complexity index is 1480. The van der Waals surface area contributed by atoms with Crippen LogP contribution in [0.1, 0.15) is 32.8 Å². The third-order valence-electron chi connectivity index (χ3n) is 5.77. The van der Waals surface area contributed by atoms with Gasteiger partial charge in [0.25, 0.3) is 11.8 Å². The number of nitrogens with one attached hydrogen (secondary N) is 2. The number of hydrogen-bond donors (Lipinski definition) is 2. The van der Waals surface area contributed by atoms with Crippen molar-refractivity contribution in [2.45, 2.75) is 19.5 Å². The molecule has 10 nitrogen and oxygen atoms in total. The average molecular weight is 481 g/mol. The first-order valence-corrected chi connectivity index (χ1v) is 11.5. The Balaban J connectivity index is 1.31. The summed E-state index contributed by atoms with van der Waals surface area (Å²) < 4.78 is 3.68. The van der Waals surface area contributed by atoms with Crippen molar-refractivity contribution in [2.75, 3.05) is 11.9 Å². The van der Waals surface area contributed by atoms with Crippen LogP contribution in [-0.4, -0.2) is 47.9 Å². The number of carbonyl (C=O) groups is 2. The molecule has 0 unspecified atom stereocenters. The summed E-state index contributed by atoms with van der Waals surface area (Å²) in [6.45, 7) is 1.75. The quantitative estimate of drug-likeness (QED) is 0.313. The standard InChI is InChI=1S/C26H24N8O2/c35-25(22-9-8-19(17-34-16-13-30-32-34)20-5-1-2-6-21(20)22)31-23-7-3-10-28-24(23)26(36)29-11-4-14-33-15-12-27-18-33/h1-3,5-10,12-13,15-16,18H,4,11,14,17H2,(H,29,36)(H,31,35). The largest absolute Gasteiger partial charge is 0.351 e. The van der Waals surface area contributed by atoms with Crippen LogP contribution < -0.4 is 10.6 Å². The SMILES string of the molecule is O=C(NCCCn1ccnc1)c1ncccc1NC(=O)c1ccc(Cn2ccnn2)c2ccccc12. The Hall–Kier alpha value is -4.86. The fourth-order valence-corrected chi connectivity index (χ4v) is 4.03. The fourth-order valence-electron chi connectivity index (χ4n) is 4.03. The minimum Gasteiger partial charge on any atom is -0.351 e. The maximum Gasteiger partial charge on any atom is 0.272 e. The molecule has 0 spiro atoms. The molecule has 3 heterocycles. The molecule has 5 rings (SSSR count). The molecular formula is C26H24N8O2. The van der Waals surface area contributed by atoms with Gasteiger partial charge in [0.2, 0.25) is 0 Å². The maximum atomic E-state index is 13.3. The van der Waals surface area contributed by atoms with Gasteiger partial charge >= 0.3 is 0 Å². The molecule has 5 aromatic rings. The molecule has 2 aromatic carbocycles. The molecular weight excluding hydrogens is 456 g/mol. The second-order valence-corrected chi connectivity index (χ2v) is 8.18. The van der Waals surface area contributed by atoms with Crippen LogP contribution in [0.15, 0.2) is 85.8 Å². The number of nitrogens with zero attached hydrogens (tertiary/aromatic N) is 6. The van der Waals surface area contributed by atoms with E-state index in [-0.39, 0.29) is 17.5 Å². The van der Waals surface area contributed by atoms with Gasteiger partial charge < -0.3 is 15.2 Å². The summed E-state index contributed by atoms with van der Waals surface area (Å²) in [4.78, 5) is 34.3. The third-order valence-corrected chi connectivity index (χ3v) is 5.77. The number of carbonyl (C=O) groups excluding carboxylic acids is 2. The summed E-state index contributed by atoms with van der Waals surface area (Å²) >= 11 is 0. The zero-order valence-corrected chi connectivity index (χ0v) is 19.4. The van der Waals surface area contributed by atoms with E-state index in [2.05, 4.69) is 30.9 Å². The van der Waals surface area contributed by atoms with Crippen molar-refractivity contribution in [1.29, 1.82) is 0 Å². The smallest absolute Gasteiger partial charge is 0.272 e. The minimum atomic E-state index is -0.343. The summed E-state index contributed by atoms with van der Waals surface area (Å²) in [7, 11) is 0. The summed E-state index contributed by atoms with van der Waals surface area (Å²) in [5.74, 6) is -0.662. The second kappa shape index (κ2) is 10.6. The normalized spacial score (nSPS) is 10.9. The summed E-state index contributed by atoms with van der Waals surface area (Å²) in [5.41, 5.74) is 2.04. The van der Waals surface area contributed by atoms with Crippen LogP contribution in [0, 0.1) is 0 Å². The van der Waals surface area contributed by atoms with Gasteiger partial charge in [0.05, 0.1) is 24.8 Å². The van der Waals surface area contributed by atoms with Gasteiger partial charge in [0, 0.05) is 43.4 Å². The lowest BCUT2D eigenvalue weighted by molar-refractivity contribution is 0.0948. The summed E-state index contributed by atoms with van der Waals surface area (Å²) in [5, 5.41) is 15.4. The van der Waals surface area contributed by atoms with Crippen molar-refractivity contribution >= 4 is 28.3 Å². The van der Waals surface area contributed by atoms with Crippen LogP contribution in [0.3, 0.4) is 0 Å². The third kappa shape index (κ3) is 5.12. The predicted octanol–water partition coefficient (Wildman–Crippen LogP) is 3.14. The molecule has 2 N–H and O–H groups in total. The van der Waals surface area contributed by atoms with E-state index in [0.717, 1.165) is 29.3 Å². The van der Waals surface area contributed by atoms with E-state index >= 15 is 0 Å². The van der Waals surface area contributed by atoms with E-state index in [4.69, 9.17) is 0 Å². The van der Waals surface area contributed by atoms with Crippen molar-refractivity contribution < 1.29 is 9.59 Å². The highest BCUT2D eigenvalue weighted by atomic mass is 16.2. The van der Waals surface area contributed by atoms with E-state index in [0.29, 0.717) is 24.3 Å². The van der Waals surface area contributed by atoms with Gasteiger partial charge in [0.1, 0.15) is 0 Å².